The number of ether oxygens (including phenoxy) is 1. The maximum Gasteiger partial charge on any atom is 0.124 e. The molecular formula is C19H26FN3O. The predicted molar refractivity (Wildman–Crippen MR) is 92.7 cm³/mol. The number of hydrogen-bond acceptors (Lipinski definition) is 3. The van der Waals surface area contributed by atoms with Crippen molar-refractivity contribution in [3.05, 3.63) is 46.5 Å². The van der Waals surface area contributed by atoms with Gasteiger partial charge in [-0.3, -0.25) is 9.58 Å². The quantitative estimate of drug-likeness (QED) is 0.839. The van der Waals surface area contributed by atoms with Crippen molar-refractivity contribution in [2.24, 2.45) is 0 Å². The summed E-state index contributed by atoms with van der Waals surface area (Å²) in [5.41, 5.74) is 4.39. The van der Waals surface area contributed by atoms with Crippen LogP contribution in [-0.4, -0.2) is 27.8 Å². The standard InChI is InChI=1S/C19H26FN3O/c1-13-17(14(2)23(21-13)19(3,4)5)12-22-8-9-24-18-7-6-16(20)10-15(18)11-22/h6-7,10H,8-9,11-12H2,1-5H3. The highest BCUT2D eigenvalue weighted by molar-refractivity contribution is 5.35. The van der Waals surface area contributed by atoms with Crippen molar-refractivity contribution in [1.82, 2.24) is 14.7 Å². The van der Waals surface area contributed by atoms with Gasteiger partial charge in [-0.1, -0.05) is 0 Å². The molecule has 2 aromatic rings. The predicted octanol–water partition coefficient (Wildman–Crippen LogP) is 3.79. The van der Waals surface area contributed by atoms with Gasteiger partial charge in [0.15, 0.2) is 0 Å². The minimum Gasteiger partial charge on any atom is -0.492 e. The second kappa shape index (κ2) is 6.20. The molecule has 1 aliphatic heterocycles. The molecule has 0 atom stereocenters. The van der Waals surface area contributed by atoms with E-state index in [0.29, 0.717) is 13.2 Å². The Labute approximate surface area is 143 Å². The zero-order valence-electron chi connectivity index (χ0n) is 15.2. The van der Waals surface area contributed by atoms with Crippen LogP contribution < -0.4 is 4.74 Å². The van der Waals surface area contributed by atoms with Crippen LogP contribution in [0.1, 0.15) is 43.3 Å². The normalized spacial score (nSPS) is 15.8. The first kappa shape index (κ1) is 17.0. The highest BCUT2D eigenvalue weighted by Crippen LogP contribution is 2.27. The van der Waals surface area contributed by atoms with Gasteiger partial charge in [-0.25, -0.2) is 4.39 Å². The second-order valence-electron chi connectivity index (χ2n) is 7.54. The van der Waals surface area contributed by atoms with Crippen LogP contribution in [0.4, 0.5) is 4.39 Å². The first-order valence-electron chi connectivity index (χ1n) is 8.45. The molecule has 1 aromatic heterocycles. The number of aromatic nitrogens is 2. The third kappa shape index (κ3) is 3.31. The van der Waals surface area contributed by atoms with Crippen LogP contribution in [0.3, 0.4) is 0 Å². The molecule has 0 fully saturated rings. The molecule has 1 aliphatic rings. The van der Waals surface area contributed by atoms with E-state index in [1.807, 2.05) is 0 Å². The molecule has 0 aliphatic carbocycles. The van der Waals surface area contributed by atoms with Crippen molar-refractivity contribution in [2.45, 2.75) is 53.2 Å². The van der Waals surface area contributed by atoms with Crippen molar-refractivity contribution in [2.75, 3.05) is 13.2 Å². The molecular weight excluding hydrogens is 305 g/mol. The third-order valence-corrected chi connectivity index (χ3v) is 4.54. The molecule has 0 saturated heterocycles. The highest BCUT2D eigenvalue weighted by Gasteiger charge is 2.23. The Bertz CT molecular complexity index is 746. The number of nitrogens with zero attached hydrogens (tertiary/aromatic N) is 3. The second-order valence-corrected chi connectivity index (χ2v) is 7.54. The van der Waals surface area contributed by atoms with Crippen LogP contribution in [0.2, 0.25) is 0 Å². The van der Waals surface area contributed by atoms with E-state index >= 15 is 0 Å². The van der Waals surface area contributed by atoms with Gasteiger partial charge in [0.2, 0.25) is 0 Å². The molecule has 5 heteroatoms. The Morgan fingerprint density at radius 3 is 2.67 bits per heavy atom. The molecule has 4 nitrogen and oxygen atoms in total. The molecule has 1 aromatic carbocycles. The Hall–Kier alpha value is -1.88. The summed E-state index contributed by atoms with van der Waals surface area (Å²) in [6.07, 6.45) is 0. The number of rotatable bonds is 2. The van der Waals surface area contributed by atoms with E-state index in [1.54, 1.807) is 12.1 Å². The lowest BCUT2D eigenvalue weighted by molar-refractivity contribution is 0.218. The van der Waals surface area contributed by atoms with E-state index in [9.17, 15) is 4.39 Å². The fourth-order valence-electron chi connectivity index (χ4n) is 3.33. The number of benzene rings is 1. The largest absolute Gasteiger partial charge is 0.492 e. The molecule has 0 amide bonds. The van der Waals surface area contributed by atoms with Gasteiger partial charge < -0.3 is 4.74 Å². The fourth-order valence-corrected chi connectivity index (χ4v) is 3.33. The molecule has 0 spiro atoms. The van der Waals surface area contributed by atoms with Gasteiger partial charge in [0, 0.05) is 36.5 Å². The molecule has 0 bridgehead atoms. The summed E-state index contributed by atoms with van der Waals surface area (Å²) in [5, 5.41) is 4.73. The lowest BCUT2D eigenvalue weighted by Gasteiger charge is -2.23. The van der Waals surface area contributed by atoms with E-state index in [0.717, 1.165) is 30.1 Å². The lowest BCUT2D eigenvalue weighted by atomic mass is 10.1. The maximum atomic E-state index is 13.6. The van der Waals surface area contributed by atoms with Crippen molar-refractivity contribution in [1.29, 1.82) is 0 Å². The zero-order chi connectivity index (χ0) is 17.5. The summed E-state index contributed by atoms with van der Waals surface area (Å²) in [4.78, 5) is 2.30. The number of fused-ring (bicyclic) bond motifs is 1. The Morgan fingerprint density at radius 1 is 1.25 bits per heavy atom. The van der Waals surface area contributed by atoms with Crippen LogP contribution in [0.5, 0.6) is 5.75 Å². The zero-order valence-corrected chi connectivity index (χ0v) is 15.2. The molecule has 0 saturated carbocycles. The van der Waals surface area contributed by atoms with Crippen LogP contribution in [0, 0.1) is 19.7 Å². The molecule has 0 N–H and O–H groups in total. The minimum atomic E-state index is -0.216. The van der Waals surface area contributed by atoms with Crippen LogP contribution >= 0.6 is 0 Å². The summed E-state index contributed by atoms with van der Waals surface area (Å²) < 4.78 is 21.4. The van der Waals surface area contributed by atoms with E-state index < -0.39 is 0 Å². The average Bonchev–Trinajstić information content (AvgIpc) is 2.68. The van der Waals surface area contributed by atoms with Crippen molar-refractivity contribution < 1.29 is 9.13 Å². The summed E-state index contributed by atoms with van der Waals surface area (Å²) in [6.45, 7) is 13.6. The average molecular weight is 331 g/mol. The van der Waals surface area contributed by atoms with Crippen molar-refractivity contribution in [3.63, 3.8) is 0 Å². The van der Waals surface area contributed by atoms with Gasteiger partial charge in [0.05, 0.1) is 11.2 Å². The van der Waals surface area contributed by atoms with Crippen molar-refractivity contribution >= 4 is 0 Å². The van der Waals surface area contributed by atoms with Crippen molar-refractivity contribution in [3.8, 4) is 5.75 Å². The fraction of sp³-hybridized carbons (Fsp3) is 0.526. The van der Waals surface area contributed by atoms with Gasteiger partial charge in [-0.15, -0.1) is 0 Å². The number of aryl methyl sites for hydroxylation is 1. The lowest BCUT2D eigenvalue weighted by Crippen LogP contribution is -2.27. The maximum absolute atomic E-state index is 13.6. The van der Waals surface area contributed by atoms with Gasteiger partial charge in [-0.2, -0.15) is 5.10 Å². The third-order valence-electron chi connectivity index (χ3n) is 4.54. The van der Waals surface area contributed by atoms with E-state index in [4.69, 9.17) is 9.84 Å². The minimum absolute atomic E-state index is 0.0370. The van der Waals surface area contributed by atoms with Gasteiger partial charge in [0.1, 0.15) is 18.2 Å². The SMILES string of the molecule is Cc1nn(C(C)(C)C)c(C)c1CN1CCOc2ccc(F)cc2C1. The summed E-state index contributed by atoms with van der Waals surface area (Å²) >= 11 is 0. The van der Waals surface area contributed by atoms with E-state index in [1.165, 1.54) is 17.3 Å². The Balaban J connectivity index is 1.85. The van der Waals surface area contributed by atoms with Gasteiger partial charge in [-0.05, 0) is 52.8 Å². The van der Waals surface area contributed by atoms with Gasteiger partial charge >= 0.3 is 0 Å². The van der Waals surface area contributed by atoms with E-state index in [-0.39, 0.29) is 11.4 Å². The smallest absolute Gasteiger partial charge is 0.124 e. The summed E-state index contributed by atoms with van der Waals surface area (Å²) in [7, 11) is 0. The topological polar surface area (TPSA) is 30.3 Å². The van der Waals surface area contributed by atoms with Crippen LogP contribution in [0.15, 0.2) is 18.2 Å². The van der Waals surface area contributed by atoms with Crippen LogP contribution in [0.25, 0.3) is 0 Å². The molecule has 130 valence electrons. The first-order valence-corrected chi connectivity index (χ1v) is 8.45. The molecule has 2 heterocycles. The molecule has 3 rings (SSSR count). The highest BCUT2D eigenvalue weighted by atomic mass is 19.1. The molecule has 24 heavy (non-hydrogen) atoms. The monoisotopic (exact) mass is 331 g/mol. The van der Waals surface area contributed by atoms with Gasteiger partial charge in [0.25, 0.3) is 0 Å². The molecule has 0 radical (unpaired) electrons. The number of halogens is 1. The Morgan fingerprint density at radius 2 is 2.00 bits per heavy atom. The van der Waals surface area contributed by atoms with Crippen LogP contribution in [-0.2, 0) is 18.6 Å². The molecule has 0 unspecified atom stereocenters. The first-order chi connectivity index (χ1) is 11.3. The summed E-state index contributed by atoms with van der Waals surface area (Å²) in [6, 6.07) is 4.75. The van der Waals surface area contributed by atoms with E-state index in [2.05, 4.69) is 44.2 Å². The Kier molecular flexibility index (Phi) is 4.38. The number of hydrogen-bond donors (Lipinski definition) is 0. The summed E-state index contributed by atoms with van der Waals surface area (Å²) in [5.74, 6) is 0.574.